The van der Waals surface area contributed by atoms with Gasteiger partial charge >= 0.3 is 0 Å². The molecule has 1 aromatic rings. The minimum Gasteiger partial charge on any atom is -0.360 e. The van der Waals surface area contributed by atoms with Crippen LogP contribution in [0.15, 0.2) is 5.51 Å². The number of hydrogen-bond donors (Lipinski definition) is 1. The van der Waals surface area contributed by atoms with Crippen LogP contribution in [0.5, 0.6) is 0 Å². The van der Waals surface area contributed by atoms with Crippen molar-refractivity contribution in [3.63, 3.8) is 0 Å². The molecule has 3 nitrogen and oxygen atoms in total. The van der Waals surface area contributed by atoms with Crippen LogP contribution in [0.25, 0.3) is 0 Å². The Bertz CT molecular complexity index is 219. The topological polar surface area (TPSA) is 37.8 Å². The van der Waals surface area contributed by atoms with Crippen molar-refractivity contribution in [3.8, 4) is 0 Å². The van der Waals surface area contributed by atoms with Gasteiger partial charge in [-0.15, -0.1) is 10.2 Å². The van der Waals surface area contributed by atoms with E-state index in [9.17, 15) is 0 Å². The van der Waals surface area contributed by atoms with E-state index in [1.165, 1.54) is 17.9 Å². The third kappa shape index (κ3) is 2.10. The number of hydrogen-bond acceptors (Lipinski definition) is 5. The third-order valence-electron chi connectivity index (χ3n) is 1.93. The van der Waals surface area contributed by atoms with Crippen LogP contribution in [-0.4, -0.2) is 28.2 Å². The molecule has 0 spiro atoms. The predicted octanol–water partition coefficient (Wildman–Crippen LogP) is 1.70. The van der Waals surface area contributed by atoms with Gasteiger partial charge in [0.25, 0.3) is 0 Å². The number of aromatic nitrogens is 2. The lowest BCUT2D eigenvalue weighted by molar-refractivity contribution is 0.631. The molecular formula is C7H11N3S2. The van der Waals surface area contributed by atoms with Gasteiger partial charge < -0.3 is 5.32 Å². The molecule has 1 aliphatic rings. The van der Waals surface area contributed by atoms with Crippen LogP contribution in [0, 0.1) is 5.92 Å². The smallest absolute Gasteiger partial charge is 0.205 e. The van der Waals surface area contributed by atoms with Crippen molar-refractivity contribution in [2.24, 2.45) is 5.92 Å². The SMILES string of the molecule is c1nnc(NCC2CCSC2)s1. The molecule has 0 aliphatic carbocycles. The summed E-state index contributed by atoms with van der Waals surface area (Å²) in [6, 6.07) is 0. The molecule has 5 heteroatoms. The Morgan fingerprint density at radius 2 is 2.67 bits per heavy atom. The summed E-state index contributed by atoms with van der Waals surface area (Å²) in [6.45, 7) is 1.06. The molecule has 1 saturated heterocycles. The lowest BCUT2D eigenvalue weighted by atomic mass is 10.1. The molecule has 1 unspecified atom stereocenters. The van der Waals surface area contributed by atoms with Gasteiger partial charge in [-0.1, -0.05) is 11.3 Å². The van der Waals surface area contributed by atoms with Crippen molar-refractivity contribution in [2.75, 3.05) is 23.4 Å². The Morgan fingerprint density at radius 3 is 3.33 bits per heavy atom. The third-order valence-corrected chi connectivity index (χ3v) is 3.81. The van der Waals surface area contributed by atoms with Crippen LogP contribution < -0.4 is 5.32 Å². The second-order valence-electron chi connectivity index (χ2n) is 2.85. The Morgan fingerprint density at radius 1 is 1.67 bits per heavy atom. The number of rotatable bonds is 3. The van der Waals surface area contributed by atoms with E-state index < -0.39 is 0 Å². The molecule has 2 heterocycles. The van der Waals surface area contributed by atoms with Crippen LogP contribution >= 0.6 is 23.1 Å². The summed E-state index contributed by atoms with van der Waals surface area (Å²) in [5, 5.41) is 11.9. The van der Waals surface area contributed by atoms with Crippen LogP contribution in [0.3, 0.4) is 0 Å². The summed E-state index contributed by atoms with van der Waals surface area (Å²) in [6.07, 6.45) is 1.34. The van der Waals surface area contributed by atoms with Gasteiger partial charge in [-0.3, -0.25) is 0 Å². The van der Waals surface area contributed by atoms with Gasteiger partial charge in [0.2, 0.25) is 5.13 Å². The van der Waals surface area contributed by atoms with Crippen molar-refractivity contribution < 1.29 is 0 Å². The van der Waals surface area contributed by atoms with Gasteiger partial charge in [0.05, 0.1) is 0 Å². The zero-order valence-electron chi connectivity index (χ0n) is 6.69. The average molecular weight is 201 g/mol. The maximum Gasteiger partial charge on any atom is 0.205 e. The second kappa shape index (κ2) is 4.09. The first-order valence-corrected chi connectivity index (χ1v) is 6.06. The molecule has 2 rings (SSSR count). The molecule has 0 saturated carbocycles. The largest absolute Gasteiger partial charge is 0.360 e. The zero-order valence-corrected chi connectivity index (χ0v) is 8.33. The second-order valence-corrected chi connectivity index (χ2v) is 4.84. The molecule has 1 atom stereocenters. The average Bonchev–Trinajstić information content (AvgIpc) is 2.74. The molecule has 0 amide bonds. The highest BCUT2D eigenvalue weighted by atomic mass is 32.2. The first-order valence-electron chi connectivity index (χ1n) is 4.03. The van der Waals surface area contributed by atoms with Crippen molar-refractivity contribution >= 4 is 28.2 Å². The van der Waals surface area contributed by atoms with Gasteiger partial charge in [0.15, 0.2) is 0 Å². The summed E-state index contributed by atoms with van der Waals surface area (Å²) in [5.74, 6) is 3.45. The fourth-order valence-electron chi connectivity index (χ4n) is 1.23. The molecule has 1 aliphatic heterocycles. The predicted molar refractivity (Wildman–Crippen MR) is 53.8 cm³/mol. The van der Waals surface area contributed by atoms with Gasteiger partial charge in [0, 0.05) is 6.54 Å². The normalized spacial score (nSPS) is 22.8. The van der Waals surface area contributed by atoms with Gasteiger partial charge in [-0.2, -0.15) is 11.8 Å². The zero-order chi connectivity index (χ0) is 8.23. The van der Waals surface area contributed by atoms with Gasteiger partial charge in [-0.05, 0) is 23.8 Å². The van der Waals surface area contributed by atoms with E-state index in [4.69, 9.17) is 0 Å². The quantitative estimate of drug-likeness (QED) is 0.808. The number of nitrogens with one attached hydrogen (secondary N) is 1. The van der Waals surface area contributed by atoms with Crippen molar-refractivity contribution in [1.29, 1.82) is 0 Å². The standard InChI is InChI=1S/C7H11N3S2/c1-2-11-4-6(1)3-8-7-10-9-5-12-7/h5-6H,1-4H2,(H,8,10). The maximum atomic E-state index is 3.93. The van der Waals surface area contributed by atoms with Crippen LogP contribution in [0.2, 0.25) is 0 Å². The summed E-state index contributed by atoms with van der Waals surface area (Å²) < 4.78 is 0. The van der Waals surface area contributed by atoms with Crippen molar-refractivity contribution in [2.45, 2.75) is 6.42 Å². The molecule has 1 aromatic heterocycles. The van der Waals surface area contributed by atoms with E-state index in [1.54, 1.807) is 16.8 Å². The van der Waals surface area contributed by atoms with E-state index in [2.05, 4.69) is 15.5 Å². The molecule has 0 radical (unpaired) electrons. The van der Waals surface area contributed by atoms with Gasteiger partial charge in [-0.25, -0.2) is 0 Å². The molecular weight excluding hydrogens is 190 g/mol. The number of nitrogens with zero attached hydrogens (tertiary/aromatic N) is 2. The molecule has 0 bridgehead atoms. The molecule has 1 N–H and O–H groups in total. The Balaban J connectivity index is 1.74. The lowest BCUT2D eigenvalue weighted by Crippen LogP contribution is -2.13. The summed E-state index contributed by atoms with van der Waals surface area (Å²) >= 11 is 3.61. The van der Waals surface area contributed by atoms with E-state index >= 15 is 0 Å². The van der Waals surface area contributed by atoms with Gasteiger partial charge in [0.1, 0.15) is 5.51 Å². The highest BCUT2D eigenvalue weighted by molar-refractivity contribution is 7.99. The van der Waals surface area contributed by atoms with Crippen LogP contribution in [0.4, 0.5) is 5.13 Å². The van der Waals surface area contributed by atoms with E-state index in [1.807, 2.05) is 11.8 Å². The molecule has 1 fully saturated rings. The molecule has 66 valence electrons. The first kappa shape index (κ1) is 8.31. The van der Waals surface area contributed by atoms with Crippen LogP contribution in [-0.2, 0) is 0 Å². The van der Waals surface area contributed by atoms with Crippen molar-refractivity contribution in [3.05, 3.63) is 5.51 Å². The molecule has 12 heavy (non-hydrogen) atoms. The Hall–Kier alpha value is -0.290. The number of anilines is 1. The summed E-state index contributed by atoms with van der Waals surface area (Å²) in [4.78, 5) is 0. The number of thioether (sulfide) groups is 1. The van der Waals surface area contributed by atoms with E-state index in [0.717, 1.165) is 17.6 Å². The minimum absolute atomic E-state index is 0.832. The summed E-state index contributed by atoms with van der Waals surface area (Å²) in [7, 11) is 0. The Kier molecular flexibility index (Phi) is 2.83. The maximum absolute atomic E-state index is 3.93. The molecule has 0 aromatic carbocycles. The highest BCUT2D eigenvalue weighted by Gasteiger charge is 2.14. The van der Waals surface area contributed by atoms with E-state index in [-0.39, 0.29) is 0 Å². The first-order chi connectivity index (χ1) is 5.95. The Labute approximate surface area is 80.0 Å². The minimum atomic E-state index is 0.832. The van der Waals surface area contributed by atoms with E-state index in [0.29, 0.717) is 0 Å². The highest BCUT2D eigenvalue weighted by Crippen LogP contribution is 2.23. The fraction of sp³-hybridized carbons (Fsp3) is 0.714. The van der Waals surface area contributed by atoms with Crippen LogP contribution in [0.1, 0.15) is 6.42 Å². The summed E-state index contributed by atoms with van der Waals surface area (Å²) in [5.41, 5.74) is 1.76. The fourth-order valence-corrected chi connectivity index (χ4v) is 2.97. The lowest BCUT2D eigenvalue weighted by Gasteiger charge is -2.07. The monoisotopic (exact) mass is 201 g/mol. The van der Waals surface area contributed by atoms with Crippen molar-refractivity contribution in [1.82, 2.24) is 10.2 Å².